The Labute approximate surface area is 137 Å². The van der Waals surface area contributed by atoms with E-state index in [9.17, 15) is 9.59 Å². The lowest BCUT2D eigenvalue weighted by molar-refractivity contribution is -0.143. The first kappa shape index (κ1) is 15.9. The molecule has 0 unspecified atom stereocenters. The molecule has 0 radical (unpaired) electrons. The van der Waals surface area contributed by atoms with Gasteiger partial charge >= 0.3 is 5.97 Å². The van der Waals surface area contributed by atoms with Gasteiger partial charge in [-0.25, -0.2) is 4.98 Å². The molecule has 2 aromatic heterocycles. The third-order valence-electron chi connectivity index (χ3n) is 3.52. The third-order valence-corrected chi connectivity index (χ3v) is 3.52. The topological polar surface area (TPSA) is 91.9 Å². The maximum Gasteiger partial charge on any atom is 0.305 e. The van der Waals surface area contributed by atoms with E-state index in [1.807, 2.05) is 30.3 Å². The van der Waals surface area contributed by atoms with Crippen molar-refractivity contribution >= 4 is 17.1 Å². The molecule has 0 aliphatic rings. The van der Waals surface area contributed by atoms with E-state index in [0.29, 0.717) is 25.2 Å². The number of rotatable bonds is 6. The van der Waals surface area contributed by atoms with Crippen molar-refractivity contribution in [3.8, 4) is 5.69 Å². The fourth-order valence-corrected chi connectivity index (χ4v) is 2.37. The minimum atomic E-state index is -0.272. The SMILES string of the molecule is CCOC(=O)CCCn1cnc2c(nnn2-c2ccccc2)c1=O. The van der Waals surface area contributed by atoms with Crippen LogP contribution < -0.4 is 5.56 Å². The molecule has 3 rings (SSSR count). The zero-order valence-electron chi connectivity index (χ0n) is 13.3. The van der Waals surface area contributed by atoms with Crippen LogP contribution in [-0.4, -0.2) is 37.1 Å². The highest BCUT2D eigenvalue weighted by Gasteiger charge is 2.13. The van der Waals surface area contributed by atoms with Gasteiger partial charge in [-0.2, -0.15) is 4.68 Å². The van der Waals surface area contributed by atoms with Gasteiger partial charge in [0.05, 0.1) is 12.3 Å². The van der Waals surface area contributed by atoms with Gasteiger partial charge in [-0.05, 0) is 25.5 Å². The molecule has 0 saturated carbocycles. The van der Waals surface area contributed by atoms with Gasteiger partial charge in [-0.1, -0.05) is 23.4 Å². The number of hydrogen-bond donors (Lipinski definition) is 0. The molecule has 0 aliphatic carbocycles. The van der Waals surface area contributed by atoms with Crippen molar-refractivity contribution in [1.29, 1.82) is 0 Å². The molecule has 8 nitrogen and oxygen atoms in total. The second kappa shape index (κ2) is 7.03. The number of benzene rings is 1. The molecule has 0 fully saturated rings. The molecular weight excluding hydrogens is 310 g/mol. The number of aryl methyl sites for hydroxylation is 1. The Hall–Kier alpha value is -3.03. The molecule has 0 atom stereocenters. The second-order valence-electron chi connectivity index (χ2n) is 5.16. The minimum absolute atomic E-state index is 0.206. The van der Waals surface area contributed by atoms with E-state index in [2.05, 4.69) is 15.3 Å². The van der Waals surface area contributed by atoms with Crippen LogP contribution in [0.25, 0.3) is 16.9 Å². The molecule has 0 aliphatic heterocycles. The Morgan fingerprint density at radius 2 is 2.04 bits per heavy atom. The quantitative estimate of drug-likeness (QED) is 0.634. The van der Waals surface area contributed by atoms with Crippen molar-refractivity contribution in [2.24, 2.45) is 0 Å². The summed E-state index contributed by atoms with van der Waals surface area (Å²) in [7, 11) is 0. The highest BCUT2D eigenvalue weighted by molar-refractivity contribution is 5.70. The van der Waals surface area contributed by atoms with Crippen LogP contribution >= 0.6 is 0 Å². The van der Waals surface area contributed by atoms with E-state index < -0.39 is 0 Å². The van der Waals surface area contributed by atoms with E-state index in [0.717, 1.165) is 5.69 Å². The first-order chi connectivity index (χ1) is 11.7. The van der Waals surface area contributed by atoms with Crippen molar-refractivity contribution in [2.45, 2.75) is 26.3 Å². The fraction of sp³-hybridized carbons (Fsp3) is 0.312. The van der Waals surface area contributed by atoms with E-state index in [1.54, 1.807) is 6.92 Å². The van der Waals surface area contributed by atoms with Crippen LogP contribution in [0.1, 0.15) is 19.8 Å². The summed E-state index contributed by atoms with van der Waals surface area (Å²) in [4.78, 5) is 28.1. The monoisotopic (exact) mass is 327 g/mol. The van der Waals surface area contributed by atoms with Crippen LogP contribution in [0.5, 0.6) is 0 Å². The molecule has 0 N–H and O–H groups in total. The smallest absolute Gasteiger partial charge is 0.305 e. The summed E-state index contributed by atoms with van der Waals surface area (Å²) in [6.45, 7) is 2.49. The lowest BCUT2D eigenvalue weighted by atomic mass is 10.3. The van der Waals surface area contributed by atoms with Gasteiger partial charge in [0.2, 0.25) is 0 Å². The number of esters is 1. The molecule has 0 saturated heterocycles. The number of nitrogens with zero attached hydrogens (tertiary/aromatic N) is 5. The van der Waals surface area contributed by atoms with E-state index in [1.165, 1.54) is 15.6 Å². The number of ether oxygens (including phenoxy) is 1. The fourth-order valence-electron chi connectivity index (χ4n) is 2.37. The molecule has 3 aromatic rings. The number of hydrogen-bond acceptors (Lipinski definition) is 6. The maximum atomic E-state index is 12.5. The van der Waals surface area contributed by atoms with Crippen molar-refractivity contribution < 1.29 is 9.53 Å². The van der Waals surface area contributed by atoms with Crippen LogP contribution in [0.3, 0.4) is 0 Å². The first-order valence-corrected chi connectivity index (χ1v) is 7.72. The second-order valence-corrected chi connectivity index (χ2v) is 5.16. The zero-order valence-corrected chi connectivity index (χ0v) is 13.3. The first-order valence-electron chi connectivity index (χ1n) is 7.72. The van der Waals surface area contributed by atoms with Gasteiger partial charge in [0.15, 0.2) is 11.2 Å². The van der Waals surface area contributed by atoms with Gasteiger partial charge in [-0.15, -0.1) is 5.10 Å². The average molecular weight is 327 g/mol. The van der Waals surface area contributed by atoms with Gasteiger partial charge in [0, 0.05) is 13.0 Å². The van der Waals surface area contributed by atoms with Crippen LogP contribution in [-0.2, 0) is 16.1 Å². The lowest BCUT2D eigenvalue weighted by Gasteiger charge is -2.05. The van der Waals surface area contributed by atoms with Gasteiger partial charge < -0.3 is 4.74 Å². The van der Waals surface area contributed by atoms with Crippen molar-refractivity contribution in [2.75, 3.05) is 6.61 Å². The van der Waals surface area contributed by atoms with Gasteiger partial charge in [-0.3, -0.25) is 14.2 Å². The maximum absolute atomic E-state index is 12.5. The van der Waals surface area contributed by atoms with Crippen LogP contribution in [0.2, 0.25) is 0 Å². The summed E-state index contributed by atoms with van der Waals surface area (Å²) >= 11 is 0. The van der Waals surface area contributed by atoms with E-state index in [4.69, 9.17) is 4.74 Å². The van der Waals surface area contributed by atoms with Crippen LogP contribution in [0.15, 0.2) is 41.5 Å². The molecule has 0 bridgehead atoms. The molecule has 124 valence electrons. The molecule has 1 aromatic carbocycles. The van der Waals surface area contributed by atoms with Crippen molar-refractivity contribution in [3.63, 3.8) is 0 Å². The largest absolute Gasteiger partial charge is 0.466 e. The highest BCUT2D eigenvalue weighted by atomic mass is 16.5. The Morgan fingerprint density at radius 3 is 2.79 bits per heavy atom. The predicted octanol–water partition coefficient (Wildman–Crippen LogP) is 1.32. The number of aromatic nitrogens is 5. The predicted molar refractivity (Wildman–Crippen MR) is 86.8 cm³/mol. The summed E-state index contributed by atoms with van der Waals surface area (Å²) in [6.07, 6.45) is 2.21. The number of carbonyl (C=O) groups excluding carboxylic acids is 1. The minimum Gasteiger partial charge on any atom is -0.466 e. The summed E-state index contributed by atoms with van der Waals surface area (Å²) in [6, 6.07) is 9.37. The summed E-state index contributed by atoms with van der Waals surface area (Å²) < 4.78 is 7.83. The van der Waals surface area contributed by atoms with Crippen molar-refractivity contribution in [1.82, 2.24) is 24.5 Å². The molecule has 0 amide bonds. The summed E-state index contributed by atoms with van der Waals surface area (Å²) in [5, 5.41) is 7.97. The lowest BCUT2D eigenvalue weighted by Crippen LogP contribution is -2.21. The Morgan fingerprint density at radius 1 is 1.25 bits per heavy atom. The normalized spacial score (nSPS) is 10.9. The Kier molecular flexibility index (Phi) is 4.64. The van der Waals surface area contributed by atoms with Crippen LogP contribution in [0.4, 0.5) is 0 Å². The highest BCUT2D eigenvalue weighted by Crippen LogP contribution is 2.11. The molecule has 8 heteroatoms. The van der Waals surface area contributed by atoms with E-state index in [-0.39, 0.29) is 23.5 Å². The number of carbonyl (C=O) groups is 1. The van der Waals surface area contributed by atoms with E-state index >= 15 is 0 Å². The summed E-state index contributed by atoms with van der Waals surface area (Å²) in [5.74, 6) is -0.269. The third kappa shape index (κ3) is 3.17. The van der Waals surface area contributed by atoms with Crippen molar-refractivity contribution in [3.05, 3.63) is 47.0 Å². The average Bonchev–Trinajstić information content (AvgIpc) is 3.03. The molecule has 24 heavy (non-hydrogen) atoms. The van der Waals surface area contributed by atoms with Gasteiger partial charge in [0.1, 0.15) is 6.33 Å². The molecule has 2 heterocycles. The molecule has 0 spiro atoms. The zero-order chi connectivity index (χ0) is 16.9. The molecular formula is C16H17N5O3. The van der Waals surface area contributed by atoms with Gasteiger partial charge in [0.25, 0.3) is 5.56 Å². The Balaban J connectivity index is 1.82. The summed E-state index contributed by atoms with van der Waals surface area (Å²) in [5.41, 5.74) is 1.13. The standard InChI is InChI=1S/C16H17N5O3/c1-2-24-13(22)9-6-10-20-11-17-15-14(16(20)23)18-19-21(15)12-7-4-3-5-8-12/h3-5,7-8,11H,2,6,9-10H2,1H3. The Bertz CT molecular complexity index is 901. The number of fused-ring (bicyclic) bond motifs is 1. The number of para-hydroxylation sites is 1. The van der Waals surface area contributed by atoms with Crippen LogP contribution in [0, 0.1) is 0 Å².